The molecule has 2 aromatic rings. The SMILES string of the molecule is Nc1nnn(-c2ccccc2Br)c1C1CC1. The number of para-hydroxylation sites is 1. The maximum atomic E-state index is 5.86. The molecule has 1 fully saturated rings. The van der Waals surface area contributed by atoms with E-state index in [4.69, 9.17) is 5.73 Å². The molecule has 0 saturated heterocycles. The number of aromatic nitrogens is 3. The smallest absolute Gasteiger partial charge is 0.169 e. The highest BCUT2D eigenvalue weighted by Gasteiger charge is 2.31. The van der Waals surface area contributed by atoms with E-state index in [-0.39, 0.29) is 0 Å². The molecule has 1 saturated carbocycles. The number of halogens is 1. The van der Waals surface area contributed by atoms with Crippen molar-refractivity contribution >= 4 is 21.7 Å². The molecule has 1 heterocycles. The predicted octanol–water partition coefficient (Wildman–Crippen LogP) is 2.49. The lowest BCUT2D eigenvalue weighted by atomic mass is 10.2. The number of benzene rings is 1. The van der Waals surface area contributed by atoms with Crippen molar-refractivity contribution in [2.45, 2.75) is 18.8 Å². The first-order valence-corrected chi connectivity index (χ1v) is 6.02. The number of rotatable bonds is 2. The molecule has 0 aliphatic heterocycles. The Balaban J connectivity index is 2.16. The Morgan fingerprint density at radius 3 is 2.75 bits per heavy atom. The Labute approximate surface area is 102 Å². The second kappa shape index (κ2) is 3.59. The third-order valence-electron chi connectivity index (χ3n) is 2.78. The van der Waals surface area contributed by atoms with Crippen molar-refractivity contribution in [3.05, 3.63) is 34.4 Å². The van der Waals surface area contributed by atoms with Gasteiger partial charge in [0.05, 0.1) is 11.4 Å². The molecule has 0 spiro atoms. The molecule has 1 aliphatic rings. The summed E-state index contributed by atoms with van der Waals surface area (Å²) in [5.74, 6) is 1.08. The van der Waals surface area contributed by atoms with Crippen LogP contribution in [0.2, 0.25) is 0 Å². The zero-order valence-electron chi connectivity index (χ0n) is 8.60. The Morgan fingerprint density at radius 1 is 1.31 bits per heavy atom. The van der Waals surface area contributed by atoms with Crippen LogP contribution in [0.3, 0.4) is 0 Å². The summed E-state index contributed by atoms with van der Waals surface area (Å²) in [6.07, 6.45) is 2.37. The summed E-state index contributed by atoms with van der Waals surface area (Å²) >= 11 is 3.52. The van der Waals surface area contributed by atoms with Gasteiger partial charge in [-0.05, 0) is 40.9 Å². The van der Waals surface area contributed by atoms with Gasteiger partial charge in [0.15, 0.2) is 5.82 Å². The Morgan fingerprint density at radius 2 is 2.06 bits per heavy atom. The Kier molecular flexibility index (Phi) is 2.21. The summed E-state index contributed by atoms with van der Waals surface area (Å²) in [5, 5.41) is 8.08. The molecule has 0 bridgehead atoms. The van der Waals surface area contributed by atoms with Gasteiger partial charge in [-0.3, -0.25) is 0 Å². The van der Waals surface area contributed by atoms with Gasteiger partial charge < -0.3 is 5.73 Å². The maximum Gasteiger partial charge on any atom is 0.169 e. The minimum Gasteiger partial charge on any atom is -0.381 e. The molecule has 4 nitrogen and oxygen atoms in total. The van der Waals surface area contributed by atoms with Crippen LogP contribution in [0.4, 0.5) is 5.82 Å². The van der Waals surface area contributed by atoms with Crippen LogP contribution in [0, 0.1) is 0 Å². The van der Waals surface area contributed by atoms with Crippen LogP contribution >= 0.6 is 15.9 Å². The Bertz CT molecular complexity index is 531. The second-order valence-electron chi connectivity index (χ2n) is 4.00. The monoisotopic (exact) mass is 278 g/mol. The van der Waals surface area contributed by atoms with Gasteiger partial charge in [0.2, 0.25) is 0 Å². The van der Waals surface area contributed by atoms with Crippen molar-refractivity contribution in [2.24, 2.45) is 0 Å². The van der Waals surface area contributed by atoms with Crippen LogP contribution in [0.1, 0.15) is 24.5 Å². The first kappa shape index (κ1) is 9.84. The minimum absolute atomic E-state index is 0.530. The molecule has 2 N–H and O–H groups in total. The van der Waals surface area contributed by atoms with Gasteiger partial charge in [-0.2, -0.15) is 0 Å². The molecule has 3 rings (SSSR count). The van der Waals surface area contributed by atoms with Gasteiger partial charge in [-0.1, -0.05) is 17.3 Å². The van der Waals surface area contributed by atoms with Crippen LogP contribution in [0.25, 0.3) is 5.69 Å². The highest BCUT2D eigenvalue weighted by atomic mass is 79.9. The van der Waals surface area contributed by atoms with E-state index in [2.05, 4.69) is 26.2 Å². The Hall–Kier alpha value is -1.36. The molecule has 1 aromatic carbocycles. The molecule has 0 atom stereocenters. The van der Waals surface area contributed by atoms with Gasteiger partial charge >= 0.3 is 0 Å². The summed E-state index contributed by atoms with van der Waals surface area (Å²) in [5.41, 5.74) is 7.90. The fourth-order valence-electron chi connectivity index (χ4n) is 1.84. The van der Waals surface area contributed by atoms with Crippen molar-refractivity contribution in [2.75, 3.05) is 5.73 Å². The lowest BCUT2D eigenvalue weighted by Gasteiger charge is -2.07. The van der Waals surface area contributed by atoms with E-state index in [0.717, 1.165) is 15.9 Å². The van der Waals surface area contributed by atoms with Crippen molar-refractivity contribution in [3.63, 3.8) is 0 Å². The minimum atomic E-state index is 0.530. The molecular weight excluding hydrogens is 268 g/mol. The summed E-state index contributed by atoms with van der Waals surface area (Å²) in [7, 11) is 0. The van der Waals surface area contributed by atoms with E-state index in [1.807, 2.05) is 28.9 Å². The molecule has 1 aromatic heterocycles. The van der Waals surface area contributed by atoms with Crippen LogP contribution in [0.5, 0.6) is 0 Å². The van der Waals surface area contributed by atoms with E-state index < -0.39 is 0 Å². The quantitative estimate of drug-likeness (QED) is 0.918. The van der Waals surface area contributed by atoms with E-state index in [1.54, 1.807) is 0 Å². The van der Waals surface area contributed by atoms with Crippen LogP contribution in [-0.4, -0.2) is 15.0 Å². The van der Waals surface area contributed by atoms with Crippen LogP contribution < -0.4 is 5.73 Å². The fourth-order valence-corrected chi connectivity index (χ4v) is 2.29. The van der Waals surface area contributed by atoms with Crippen LogP contribution in [-0.2, 0) is 0 Å². The standard InChI is InChI=1S/C11H11BrN4/c12-8-3-1-2-4-9(8)16-10(7-5-6-7)11(13)14-15-16/h1-4,7H,5-6,13H2. The average Bonchev–Trinajstić information content (AvgIpc) is 3.04. The van der Waals surface area contributed by atoms with Gasteiger partial charge in [-0.25, -0.2) is 4.68 Å². The highest BCUT2D eigenvalue weighted by Crippen LogP contribution is 2.43. The molecule has 82 valence electrons. The molecule has 0 amide bonds. The molecule has 5 heteroatoms. The van der Waals surface area contributed by atoms with Crippen LogP contribution in [0.15, 0.2) is 28.7 Å². The third-order valence-corrected chi connectivity index (χ3v) is 3.45. The number of nitrogens with zero attached hydrogens (tertiary/aromatic N) is 3. The zero-order chi connectivity index (χ0) is 11.1. The normalized spacial score (nSPS) is 15.3. The maximum absolute atomic E-state index is 5.86. The second-order valence-corrected chi connectivity index (χ2v) is 4.85. The van der Waals surface area contributed by atoms with Crippen molar-refractivity contribution in [1.29, 1.82) is 0 Å². The lowest BCUT2D eigenvalue weighted by molar-refractivity contribution is 0.761. The number of hydrogen-bond acceptors (Lipinski definition) is 3. The van der Waals surface area contributed by atoms with E-state index >= 15 is 0 Å². The van der Waals surface area contributed by atoms with Crippen molar-refractivity contribution in [1.82, 2.24) is 15.0 Å². The van der Waals surface area contributed by atoms with E-state index in [0.29, 0.717) is 11.7 Å². The van der Waals surface area contributed by atoms with Gasteiger partial charge in [-0.15, -0.1) is 5.10 Å². The highest BCUT2D eigenvalue weighted by molar-refractivity contribution is 9.10. The summed E-state index contributed by atoms with van der Waals surface area (Å²) in [6.45, 7) is 0. The number of hydrogen-bond donors (Lipinski definition) is 1. The summed E-state index contributed by atoms with van der Waals surface area (Å²) in [4.78, 5) is 0. The number of anilines is 1. The van der Waals surface area contributed by atoms with E-state index in [9.17, 15) is 0 Å². The van der Waals surface area contributed by atoms with Crippen molar-refractivity contribution in [3.8, 4) is 5.69 Å². The molecule has 0 unspecified atom stereocenters. The largest absolute Gasteiger partial charge is 0.381 e. The third kappa shape index (κ3) is 1.51. The van der Waals surface area contributed by atoms with E-state index in [1.165, 1.54) is 12.8 Å². The topological polar surface area (TPSA) is 56.7 Å². The summed E-state index contributed by atoms with van der Waals surface area (Å²) < 4.78 is 2.85. The average molecular weight is 279 g/mol. The van der Waals surface area contributed by atoms with Crippen molar-refractivity contribution < 1.29 is 0 Å². The number of nitrogen functional groups attached to an aromatic ring is 1. The first-order chi connectivity index (χ1) is 7.77. The summed E-state index contributed by atoms with van der Waals surface area (Å²) in [6, 6.07) is 7.95. The zero-order valence-corrected chi connectivity index (χ0v) is 10.2. The predicted molar refractivity (Wildman–Crippen MR) is 65.4 cm³/mol. The first-order valence-electron chi connectivity index (χ1n) is 5.23. The van der Waals surface area contributed by atoms with Gasteiger partial charge in [0.1, 0.15) is 0 Å². The molecule has 1 aliphatic carbocycles. The lowest BCUT2D eigenvalue weighted by Crippen LogP contribution is -2.03. The molecule has 16 heavy (non-hydrogen) atoms. The van der Waals surface area contributed by atoms with Gasteiger partial charge in [0, 0.05) is 10.4 Å². The fraction of sp³-hybridized carbons (Fsp3) is 0.273. The number of nitrogens with two attached hydrogens (primary N) is 1. The van der Waals surface area contributed by atoms with Gasteiger partial charge in [0.25, 0.3) is 0 Å². The molecule has 0 radical (unpaired) electrons. The molecular formula is C11H11BrN4.